The second-order valence-corrected chi connectivity index (χ2v) is 43.7. The van der Waals surface area contributed by atoms with Gasteiger partial charge in [0.2, 0.25) is 0 Å². The molecule has 0 spiro atoms. The second-order valence-electron chi connectivity index (χ2n) is 43.7. The number of esters is 8. The smallest absolute Gasteiger partial charge is 0.344 e. The third-order valence-electron chi connectivity index (χ3n) is 33.5. The fraction of sp³-hybridized carbons (Fsp3) is 0.923. The lowest BCUT2D eigenvalue weighted by molar-refractivity contribution is -0.225. The zero-order chi connectivity index (χ0) is 81.3. The van der Waals surface area contributed by atoms with E-state index in [0.717, 1.165) is 158 Å². The Kier molecular flexibility index (Phi) is 40.5. The lowest BCUT2D eigenvalue weighted by Gasteiger charge is -2.60. The first-order valence-corrected chi connectivity index (χ1v) is 45.6. The molecule has 714 valence electrons. The van der Waals surface area contributed by atoms with E-state index < -0.39 is 45.5 Å². The molecule has 18 nitrogen and oxygen atoms in total. The van der Waals surface area contributed by atoms with E-state index in [1.54, 1.807) is 13.8 Å². The average molecular weight is 1730 g/mol. The van der Waals surface area contributed by atoms with E-state index in [1.807, 2.05) is 90.0 Å². The van der Waals surface area contributed by atoms with Crippen molar-refractivity contribution in [1.29, 1.82) is 0 Å². The molecule has 0 amide bonds. The highest BCUT2D eigenvalue weighted by atomic mass is 16.7. The number of ether oxygens (including phenoxy) is 9. The van der Waals surface area contributed by atoms with Gasteiger partial charge < -0.3 is 47.7 Å². The van der Waals surface area contributed by atoms with Crippen LogP contribution in [0.4, 0.5) is 0 Å². The van der Waals surface area contributed by atoms with Gasteiger partial charge in [-0.1, -0.05) is 129 Å². The van der Waals surface area contributed by atoms with Gasteiger partial charge in [0, 0.05) is 18.3 Å². The molecule has 1 saturated heterocycles. The highest BCUT2D eigenvalue weighted by Gasteiger charge is 2.66. The molecule has 1 N–H and O–H groups in total. The van der Waals surface area contributed by atoms with Gasteiger partial charge in [-0.3, -0.25) is 33.6 Å². The van der Waals surface area contributed by atoms with Gasteiger partial charge in [-0.15, -0.1) is 0 Å². The van der Waals surface area contributed by atoms with Crippen LogP contribution >= 0.6 is 0 Å². The average Bonchev–Trinajstić information content (AvgIpc) is 0.796. The van der Waals surface area contributed by atoms with Crippen LogP contribution in [-0.2, 0) is 81.0 Å². The predicted octanol–water partition coefficient (Wildman–Crippen LogP) is 25.8. The highest BCUT2D eigenvalue weighted by molar-refractivity contribution is 5.81. The van der Waals surface area contributed by atoms with Gasteiger partial charge in [-0.25, -0.2) is 4.79 Å². The number of aliphatic hydroxyl groups is 1. The molecule has 122 heavy (non-hydrogen) atoms. The van der Waals surface area contributed by atoms with Crippen molar-refractivity contribution in [3.8, 4) is 0 Å². The molecule has 20 fully saturated rings. The molecule has 20 rings (SSSR count). The van der Waals surface area contributed by atoms with E-state index in [4.69, 9.17) is 42.6 Å². The number of fused-ring (bicyclic) bond motifs is 1. The summed E-state index contributed by atoms with van der Waals surface area (Å²) in [5.41, 5.74) is -3.41. The SMILES string of the molecule is C.C.C.C.C.C.C.C.C.C.CCC(C)(C)C(=O)OC1(CC)C2CC3CC(C2)CC1C3.CCC(C)(C)C(=O)OC12CC3CC(CC(O)(C3)C1)C2.CCC(C)(C)C(=O)OC1C2CC3CC1CC(C(=O)OC(C)OCC14CC5CC(CC(C5)C1)C4)(C3)C2.CCC(C)(C)C(=O)OCC(=O)OC1C2CC3C(=O)OC1C3C2.CCC1(OC(=O)C(C)(C)CC)CCCCC1. The third-order valence-corrected chi connectivity index (χ3v) is 33.5. The molecule has 0 radical (unpaired) electrons. The summed E-state index contributed by atoms with van der Waals surface area (Å²) in [5.74, 6) is 7.11. The van der Waals surface area contributed by atoms with E-state index in [9.17, 15) is 43.5 Å². The molecule has 10 unspecified atom stereocenters. The molecular weight excluding hydrogens is 1540 g/mol. The summed E-state index contributed by atoms with van der Waals surface area (Å²) in [4.78, 5) is 98.9. The minimum atomic E-state index is -0.610. The molecule has 19 saturated carbocycles. The van der Waals surface area contributed by atoms with E-state index in [-0.39, 0.29) is 192 Å². The minimum absolute atomic E-state index is 0. The standard InChI is InChI=1S/C30H46O5.C18H30O2.C16H22O6.C16H26O3.C14H26O2.10CH4/c1-5-28(3,4)26(31)35-25-23-9-22-10-24(25)16-30(14-22,15-23)27(32)34-18(2)33-17-29-11-19-6-20(12-29)8-21(7-19)13-29;1-5-17(3,4)16(19)20-18(6-2)14-8-12-7-13(10-14)11-15(18)9-12;1-4-16(2,3)15(19)20-7-11(17)21-12-8-5-9-10(6-8)14(18)22-13(9)12;1-4-14(2,3)13(17)19-16-8-11-5-12(9-16)7-15(18,6-11)10-16;1-5-13(3,4)12(15)16-14(6-2)10-8-7-9-11-14;;;;;;;;;;/h18-25H,5-17H2,1-4H3;12-15H,5-11H2,1-4H3;8-10,12-13H,4-7H2,1-3H3;11-12,18H,4-10H2,1-3H3;5-11H2,1-4H3;10*1H4. The van der Waals surface area contributed by atoms with Gasteiger partial charge in [0.15, 0.2) is 12.9 Å². The summed E-state index contributed by atoms with van der Waals surface area (Å²) in [7, 11) is 0. The van der Waals surface area contributed by atoms with Crippen molar-refractivity contribution in [3.05, 3.63) is 0 Å². The Balaban J connectivity index is 0.000000521. The summed E-state index contributed by atoms with van der Waals surface area (Å²) >= 11 is 0. The highest BCUT2D eigenvalue weighted by Crippen LogP contribution is 2.65. The Morgan fingerprint density at radius 1 is 0.443 bits per heavy atom. The van der Waals surface area contributed by atoms with Gasteiger partial charge >= 0.3 is 47.8 Å². The maximum Gasteiger partial charge on any atom is 0.344 e. The minimum Gasteiger partial charge on any atom is -0.461 e. The fourth-order valence-corrected chi connectivity index (χ4v) is 25.8. The van der Waals surface area contributed by atoms with Gasteiger partial charge in [0.05, 0.1) is 50.6 Å². The van der Waals surface area contributed by atoms with Crippen molar-refractivity contribution in [1.82, 2.24) is 0 Å². The van der Waals surface area contributed by atoms with Crippen LogP contribution in [0.2, 0.25) is 0 Å². The quantitative estimate of drug-likeness (QED) is 0.0537. The summed E-state index contributed by atoms with van der Waals surface area (Å²) in [6, 6.07) is 0. The van der Waals surface area contributed by atoms with Crippen LogP contribution in [0.15, 0.2) is 0 Å². The second kappa shape index (κ2) is 43.4. The monoisotopic (exact) mass is 1730 g/mol. The van der Waals surface area contributed by atoms with E-state index in [1.165, 1.54) is 96.3 Å². The van der Waals surface area contributed by atoms with Crippen molar-refractivity contribution in [2.75, 3.05) is 13.2 Å². The summed E-state index contributed by atoms with van der Waals surface area (Å²) in [6.07, 6.45) is 37.3. The summed E-state index contributed by atoms with van der Waals surface area (Å²) < 4.78 is 52.3. The number of rotatable bonds is 24. The van der Waals surface area contributed by atoms with Crippen molar-refractivity contribution < 1.29 is 86.1 Å². The Bertz CT molecular complexity index is 3290. The number of carbonyl (C=O) groups is 8. The van der Waals surface area contributed by atoms with Crippen LogP contribution in [0.25, 0.3) is 0 Å². The maximum atomic E-state index is 13.6. The number of hydrogen-bond acceptors (Lipinski definition) is 18. The third kappa shape index (κ3) is 23.8. The Hall–Kier alpha value is -4.32. The largest absolute Gasteiger partial charge is 0.461 e. The number of carbonyl (C=O) groups excluding carboxylic acids is 8. The zero-order valence-electron chi connectivity index (χ0n) is 72.7. The molecule has 0 aromatic rings. The van der Waals surface area contributed by atoms with E-state index in [0.29, 0.717) is 47.8 Å². The van der Waals surface area contributed by atoms with Crippen LogP contribution in [0.3, 0.4) is 0 Å². The maximum absolute atomic E-state index is 13.6. The topological polar surface area (TPSA) is 240 Å². The molecule has 20 aliphatic rings. The zero-order valence-corrected chi connectivity index (χ0v) is 72.7. The normalized spacial score (nSPS) is 36.2. The molecule has 1 aliphatic heterocycles. The Labute approximate surface area is 746 Å². The van der Waals surface area contributed by atoms with Crippen LogP contribution < -0.4 is 0 Å². The molecule has 18 heteroatoms. The molecule has 0 aromatic heterocycles. The fourth-order valence-electron chi connectivity index (χ4n) is 25.8. The van der Waals surface area contributed by atoms with E-state index in [2.05, 4.69) is 20.8 Å². The summed E-state index contributed by atoms with van der Waals surface area (Å²) in [5, 5.41) is 10.6. The molecule has 10 atom stereocenters. The van der Waals surface area contributed by atoms with Gasteiger partial charge in [0.25, 0.3) is 0 Å². The summed E-state index contributed by atoms with van der Waals surface area (Å²) in [6.45, 7) is 36.1. The molecule has 19 aliphatic carbocycles. The van der Waals surface area contributed by atoms with Gasteiger partial charge in [-0.05, 0) is 371 Å². The molecular formula is C104H190O18. The van der Waals surface area contributed by atoms with Gasteiger partial charge in [-0.2, -0.15) is 0 Å². The molecule has 18 bridgehead atoms. The lowest BCUT2D eigenvalue weighted by Crippen LogP contribution is -2.61. The first kappa shape index (κ1) is 114. The van der Waals surface area contributed by atoms with Crippen LogP contribution in [0.1, 0.15) is 430 Å². The molecule has 0 aromatic carbocycles. The van der Waals surface area contributed by atoms with Crippen LogP contribution in [-0.4, -0.2) is 113 Å². The van der Waals surface area contributed by atoms with Crippen LogP contribution in [0, 0.1) is 127 Å². The van der Waals surface area contributed by atoms with Crippen molar-refractivity contribution in [2.24, 2.45) is 127 Å². The van der Waals surface area contributed by atoms with Crippen LogP contribution in [0.5, 0.6) is 0 Å². The first-order valence-electron chi connectivity index (χ1n) is 45.6. The Morgan fingerprint density at radius 2 is 0.877 bits per heavy atom. The van der Waals surface area contributed by atoms with Crippen molar-refractivity contribution in [2.45, 2.75) is 477 Å². The predicted molar refractivity (Wildman–Crippen MR) is 493 cm³/mol. The van der Waals surface area contributed by atoms with Crippen molar-refractivity contribution in [3.63, 3.8) is 0 Å². The van der Waals surface area contributed by atoms with Gasteiger partial charge in [0.1, 0.15) is 35.1 Å². The van der Waals surface area contributed by atoms with Crippen molar-refractivity contribution >= 4 is 47.8 Å². The lowest BCUT2D eigenvalue weighted by atomic mass is 9.48. The molecule has 1 heterocycles. The number of hydrogen-bond donors (Lipinski definition) is 1. The first-order chi connectivity index (χ1) is 52.5. The van der Waals surface area contributed by atoms with E-state index >= 15 is 0 Å². The Morgan fingerprint density at radius 3 is 1.34 bits per heavy atom.